The molecule has 0 heterocycles. The summed E-state index contributed by atoms with van der Waals surface area (Å²) in [4.78, 5) is 11.9. The molecule has 2 N–H and O–H groups in total. The number of hydrogen-bond donors (Lipinski definition) is 2. The second kappa shape index (κ2) is 9.42. The van der Waals surface area contributed by atoms with Crippen LogP contribution in [0.5, 0.6) is 0 Å². The number of hydrogen-bond acceptors (Lipinski definition) is 3. The molecule has 0 radical (unpaired) electrons. The molecule has 0 bridgehead atoms. The van der Waals surface area contributed by atoms with E-state index in [0.717, 1.165) is 25.9 Å². The van der Waals surface area contributed by atoms with E-state index in [1.165, 1.54) is 0 Å². The van der Waals surface area contributed by atoms with Gasteiger partial charge in [0.2, 0.25) is 5.91 Å². The Morgan fingerprint density at radius 1 is 1.24 bits per heavy atom. The molecule has 0 aliphatic carbocycles. The molecule has 0 aromatic heterocycles. The van der Waals surface area contributed by atoms with Crippen LogP contribution in [0.3, 0.4) is 0 Å². The van der Waals surface area contributed by atoms with Crippen molar-refractivity contribution in [2.75, 3.05) is 13.7 Å². The first-order valence-electron chi connectivity index (χ1n) is 6.60. The van der Waals surface area contributed by atoms with Gasteiger partial charge in [-0.2, -0.15) is 0 Å². The number of amides is 1. The summed E-state index contributed by atoms with van der Waals surface area (Å²) in [5, 5.41) is 6.32. The Balaban J connectivity index is 3.95. The van der Waals surface area contributed by atoms with Gasteiger partial charge < -0.3 is 15.4 Å². The average Bonchev–Trinajstić information content (AvgIpc) is 2.32. The summed E-state index contributed by atoms with van der Waals surface area (Å²) >= 11 is 0. The lowest BCUT2D eigenvalue weighted by Gasteiger charge is -2.22. The highest BCUT2D eigenvalue weighted by Gasteiger charge is 2.17. The molecule has 2 unspecified atom stereocenters. The highest BCUT2D eigenvalue weighted by atomic mass is 16.5. The lowest BCUT2D eigenvalue weighted by atomic mass is 10.1. The van der Waals surface area contributed by atoms with Crippen molar-refractivity contribution >= 4 is 5.91 Å². The maximum atomic E-state index is 11.9. The molecule has 4 nitrogen and oxygen atoms in total. The van der Waals surface area contributed by atoms with Gasteiger partial charge in [-0.3, -0.25) is 4.79 Å². The van der Waals surface area contributed by atoms with E-state index in [1.54, 1.807) is 7.11 Å². The highest BCUT2D eigenvalue weighted by molar-refractivity contribution is 5.81. The third-order valence-corrected chi connectivity index (χ3v) is 3.01. The molecule has 0 aromatic carbocycles. The molecule has 17 heavy (non-hydrogen) atoms. The topological polar surface area (TPSA) is 50.4 Å². The van der Waals surface area contributed by atoms with E-state index in [4.69, 9.17) is 4.74 Å². The summed E-state index contributed by atoms with van der Waals surface area (Å²) in [6, 6.07) is 0.431. The molecule has 0 aliphatic rings. The van der Waals surface area contributed by atoms with Gasteiger partial charge in [-0.25, -0.2) is 0 Å². The van der Waals surface area contributed by atoms with Crippen LogP contribution >= 0.6 is 0 Å². The predicted molar refractivity (Wildman–Crippen MR) is 71.1 cm³/mol. The van der Waals surface area contributed by atoms with Crippen molar-refractivity contribution in [2.24, 2.45) is 0 Å². The standard InChI is InChI=1S/C13H28N2O2/c1-6-12(7-2)15-13(16)11(4)14-10(3)8-9-17-5/h10-12,14H,6-9H2,1-5H3,(H,15,16). The lowest BCUT2D eigenvalue weighted by molar-refractivity contribution is -0.123. The van der Waals surface area contributed by atoms with Crippen molar-refractivity contribution in [3.8, 4) is 0 Å². The van der Waals surface area contributed by atoms with Crippen molar-refractivity contribution in [3.05, 3.63) is 0 Å². The van der Waals surface area contributed by atoms with Crippen LogP contribution in [-0.4, -0.2) is 37.7 Å². The molecule has 0 saturated heterocycles. The van der Waals surface area contributed by atoms with Gasteiger partial charge in [-0.05, 0) is 33.1 Å². The number of carbonyl (C=O) groups excluding carboxylic acids is 1. The van der Waals surface area contributed by atoms with Gasteiger partial charge in [-0.15, -0.1) is 0 Å². The normalized spacial score (nSPS) is 14.7. The monoisotopic (exact) mass is 244 g/mol. The molecule has 0 aromatic rings. The zero-order chi connectivity index (χ0) is 13.3. The third kappa shape index (κ3) is 7.34. The zero-order valence-electron chi connectivity index (χ0n) is 11.9. The number of ether oxygens (including phenoxy) is 1. The molecular weight excluding hydrogens is 216 g/mol. The molecule has 2 atom stereocenters. The largest absolute Gasteiger partial charge is 0.385 e. The SMILES string of the molecule is CCC(CC)NC(=O)C(C)NC(C)CCOC. The van der Waals surface area contributed by atoms with Crippen molar-refractivity contribution in [3.63, 3.8) is 0 Å². The van der Waals surface area contributed by atoms with E-state index < -0.39 is 0 Å². The van der Waals surface area contributed by atoms with Crippen molar-refractivity contribution in [1.82, 2.24) is 10.6 Å². The quantitative estimate of drug-likeness (QED) is 0.649. The summed E-state index contributed by atoms with van der Waals surface area (Å²) in [6.45, 7) is 8.87. The predicted octanol–water partition coefficient (Wildman–Crippen LogP) is 1.69. The molecule has 0 aliphatic heterocycles. The number of methoxy groups -OCH3 is 1. The lowest BCUT2D eigenvalue weighted by Crippen LogP contribution is -2.48. The van der Waals surface area contributed by atoms with E-state index >= 15 is 0 Å². The minimum atomic E-state index is -0.151. The Labute approximate surface area is 105 Å². The number of nitrogens with one attached hydrogen (secondary N) is 2. The fraction of sp³-hybridized carbons (Fsp3) is 0.923. The molecule has 102 valence electrons. The van der Waals surface area contributed by atoms with E-state index in [-0.39, 0.29) is 18.0 Å². The van der Waals surface area contributed by atoms with Crippen molar-refractivity contribution < 1.29 is 9.53 Å². The van der Waals surface area contributed by atoms with Crippen LogP contribution in [0.2, 0.25) is 0 Å². The fourth-order valence-electron chi connectivity index (χ4n) is 1.70. The van der Waals surface area contributed by atoms with E-state index in [0.29, 0.717) is 6.04 Å². The summed E-state index contributed by atoms with van der Waals surface area (Å²) in [5.74, 6) is 0.0861. The van der Waals surface area contributed by atoms with Crippen LogP contribution in [0.25, 0.3) is 0 Å². The van der Waals surface area contributed by atoms with E-state index in [2.05, 4.69) is 31.4 Å². The van der Waals surface area contributed by atoms with Gasteiger partial charge in [0, 0.05) is 25.8 Å². The molecule has 0 spiro atoms. The van der Waals surface area contributed by atoms with Gasteiger partial charge in [0.05, 0.1) is 6.04 Å². The smallest absolute Gasteiger partial charge is 0.237 e. The average molecular weight is 244 g/mol. The first-order chi connectivity index (χ1) is 8.04. The van der Waals surface area contributed by atoms with Crippen molar-refractivity contribution in [1.29, 1.82) is 0 Å². The maximum Gasteiger partial charge on any atom is 0.237 e. The maximum absolute atomic E-state index is 11.9. The Hall–Kier alpha value is -0.610. The second-order valence-electron chi connectivity index (χ2n) is 4.59. The molecule has 4 heteroatoms. The van der Waals surface area contributed by atoms with Crippen molar-refractivity contribution in [2.45, 2.75) is 65.1 Å². The van der Waals surface area contributed by atoms with Crippen LogP contribution in [0, 0.1) is 0 Å². The summed E-state index contributed by atoms with van der Waals surface area (Å²) in [5.41, 5.74) is 0. The minimum absolute atomic E-state index is 0.0861. The van der Waals surface area contributed by atoms with Gasteiger partial charge >= 0.3 is 0 Å². The van der Waals surface area contributed by atoms with Crippen LogP contribution in [0.1, 0.15) is 47.0 Å². The van der Waals surface area contributed by atoms with E-state index in [9.17, 15) is 4.79 Å². The second-order valence-corrected chi connectivity index (χ2v) is 4.59. The number of carbonyl (C=O) groups is 1. The summed E-state index contributed by atoms with van der Waals surface area (Å²) < 4.78 is 5.01. The van der Waals surface area contributed by atoms with Crippen LogP contribution in [0.4, 0.5) is 0 Å². The number of rotatable bonds is 9. The summed E-state index contributed by atoms with van der Waals surface area (Å²) in [6.07, 6.45) is 2.88. The Morgan fingerprint density at radius 3 is 2.29 bits per heavy atom. The highest BCUT2D eigenvalue weighted by Crippen LogP contribution is 1.98. The first kappa shape index (κ1) is 16.4. The van der Waals surface area contributed by atoms with Crippen LogP contribution < -0.4 is 10.6 Å². The molecule has 0 fully saturated rings. The van der Waals surface area contributed by atoms with Crippen LogP contribution in [0.15, 0.2) is 0 Å². The summed E-state index contributed by atoms with van der Waals surface area (Å²) in [7, 11) is 1.69. The minimum Gasteiger partial charge on any atom is -0.385 e. The van der Waals surface area contributed by atoms with E-state index in [1.807, 2.05) is 6.92 Å². The van der Waals surface area contributed by atoms with Gasteiger partial charge in [0.25, 0.3) is 0 Å². The Bertz CT molecular complexity index is 206. The Kier molecular flexibility index (Phi) is 9.09. The Morgan fingerprint density at radius 2 is 1.82 bits per heavy atom. The van der Waals surface area contributed by atoms with Gasteiger partial charge in [0.15, 0.2) is 0 Å². The first-order valence-corrected chi connectivity index (χ1v) is 6.60. The molecule has 0 rings (SSSR count). The fourth-order valence-corrected chi connectivity index (χ4v) is 1.70. The van der Waals surface area contributed by atoms with Crippen LogP contribution in [-0.2, 0) is 9.53 Å². The van der Waals surface area contributed by atoms with Gasteiger partial charge in [-0.1, -0.05) is 13.8 Å². The molecule has 0 saturated carbocycles. The molecular formula is C13H28N2O2. The molecule has 1 amide bonds. The third-order valence-electron chi connectivity index (χ3n) is 3.01. The van der Waals surface area contributed by atoms with Gasteiger partial charge in [0.1, 0.15) is 0 Å². The zero-order valence-corrected chi connectivity index (χ0v) is 11.9.